The third kappa shape index (κ3) is 4.80. The van der Waals surface area contributed by atoms with Crippen LogP contribution < -0.4 is 4.74 Å². The molecule has 1 aliphatic rings. The van der Waals surface area contributed by atoms with Gasteiger partial charge < -0.3 is 18.9 Å². The van der Waals surface area contributed by atoms with E-state index in [1.807, 2.05) is 0 Å². The highest BCUT2D eigenvalue weighted by atomic mass is 35.5. The Hall–Kier alpha value is -1.90. The predicted molar refractivity (Wildman–Crippen MR) is 84.5 cm³/mol. The zero-order valence-electron chi connectivity index (χ0n) is 13.2. The lowest BCUT2D eigenvalue weighted by Gasteiger charge is -2.22. The average Bonchev–Trinajstić information content (AvgIpc) is 2.59. The standard InChI is InChI=1S/C15H18ClNO7/c1-21-15(18)10-8-11(17(19)20)14(16)12(9-10)22-6-7-24-13-4-2-3-5-23-13/h8-9,13H,2-7H2,1H3. The van der Waals surface area contributed by atoms with Gasteiger partial charge in [-0.3, -0.25) is 10.1 Å². The number of ether oxygens (including phenoxy) is 4. The Balaban J connectivity index is 2.00. The molecule has 1 heterocycles. The summed E-state index contributed by atoms with van der Waals surface area (Å²) in [5.74, 6) is -0.689. The number of rotatable bonds is 7. The third-order valence-electron chi connectivity index (χ3n) is 3.42. The lowest BCUT2D eigenvalue weighted by Crippen LogP contribution is -2.24. The number of carbonyl (C=O) groups excluding carboxylic acids is 1. The van der Waals surface area contributed by atoms with Gasteiger partial charge in [-0.15, -0.1) is 0 Å². The highest BCUT2D eigenvalue weighted by Crippen LogP contribution is 2.35. The lowest BCUT2D eigenvalue weighted by atomic mass is 10.2. The Kier molecular flexibility index (Phi) is 6.77. The number of methoxy groups -OCH3 is 1. The SMILES string of the molecule is COC(=O)c1cc(OCCOC2CCCCO2)c(Cl)c([N+](=O)[O-])c1. The van der Waals surface area contributed by atoms with E-state index in [0.717, 1.165) is 25.3 Å². The molecule has 24 heavy (non-hydrogen) atoms. The molecule has 8 nitrogen and oxygen atoms in total. The largest absolute Gasteiger partial charge is 0.489 e. The van der Waals surface area contributed by atoms with Crippen molar-refractivity contribution in [1.29, 1.82) is 0 Å². The number of esters is 1. The number of hydrogen-bond acceptors (Lipinski definition) is 7. The van der Waals surface area contributed by atoms with Gasteiger partial charge in [-0.1, -0.05) is 11.6 Å². The van der Waals surface area contributed by atoms with E-state index < -0.39 is 16.6 Å². The number of hydrogen-bond donors (Lipinski definition) is 0. The van der Waals surface area contributed by atoms with Crippen molar-refractivity contribution in [3.8, 4) is 5.75 Å². The van der Waals surface area contributed by atoms with Gasteiger partial charge in [-0.05, 0) is 25.3 Å². The van der Waals surface area contributed by atoms with E-state index in [2.05, 4.69) is 4.74 Å². The van der Waals surface area contributed by atoms with Crippen molar-refractivity contribution < 1.29 is 28.7 Å². The predicted octanol–water partition coefficient (Wildman–Crippen LogP) is 2.96. The second kappa shape index (κ2) is 8.81. The molecule has 1 saturated heterocycles. The highest BCUT2D eigenvalue weighted by Gasteiger charge is 2.22. The Morgan fingerprint density at radius 3 is 2.83 bits per heavy atom. The monoisotopic (exact) mass is 359 g/mol. The van der Waals surface area contributed by atoms with Crippen LogP contribution in [0.5, 0.6) is 5.75 Å². The first-order valence-electron chi connectivity index (χ1n) is 7.45. The molecule has 1 atom stereocenters. The summed E-state index contributed by atoms with van der Waals surface area (Å²) in [6.07, 6.45) is 2.64. The maximum Gasteiger partial charge on any atom is 0.338 e. The van der Waals surface area contributed by atoms with Gasteiger partial charge >= 0.3 is 5.97 Å². The summed E-state index contributed by atoms with van der Waals surface area (Å²) in [5.41, 5.74) is -0.439. The van der Waals surface area contributed by atoms with Crippen LogP contribution in [0.2, 0.25) is 5.02 Å². The summed E-state index contributed by atoms with van der Waals surface area (Å²) < 4.78 is 20.9. The van der Waals surface area contributed by atoms with E-state index in [-0.39, 0.29) is 35.8 Å². The fourth-order valence-electron chi connectivity index (χ4n) is 2.23. The third-order valence-corrected chi connectivity index (χ3v) is 3.80. The fraction of sp³-hybridized carbons (Fsp3) is 0.533. The highest BCUT2D eigenvalue weighted by molar-refractivity contribution is 6.34. The van der Waals surface area contributed by atoms with Crippen LogP contribution in [0.3, 0.4) is 0 Å². The normalized spacial score (nSPS) is 17.3. The molecule has 2 rings (SSSR count). The van der Waals surface area contributed by atoms with Gasteiger partial charge in [0, 0.05) is 12.7 Å². The van der Waals surface area contributed by atoms with Gasteiger partial charge in [-0.2, -0.15) is 0 Å². The first-order chi connectivity index (χ1) is 11.5. The second-order valence-corrected chi connectivity index (χ2v) is 5.45. The number of halogens is 1. The smallest absolute Gasteiger partial charge is 0.338 e. The van der Waals surface area contributed by atoms with E-state index in [9.17, 15) is 14.9 Å². The van der Waals surface area contributed by atoms with Gasteiger partial charge in [0.15, 0.2) is 11.3 Å². The van der Waals surface area contributed by atoms with Gasteiger partial charge in [0.25, 0.3) is 5.69 Å². The minimum atomic E-state index is -0.716. The Morgan fingerprint density at radius 2 is 2.21 bits per heavy atom. The minimum absolute atomic E-state index is 0.0138. The topological polar surface area (TPSA) is 97.1 Å². The van der Waals surface area contributed by atoms with Crippen LogP contribution >= 0.6 is 11.6 Å². The summed E-state index contributed by atoms with van der Waals surface area (Å²) in [7, 11) is 1.18. The molecule has 0 aromatic heterocycles. The number of nitrogens with zero attached hydrogens (tertiary/aromatic N) is 1. The van der Waals surface area contributed by atoms with Gasteiger partial charge in [0.2, 0.25) is 0 Å². The van der Waals surface area contributed by atoms with Crippen LogP contribution in [0.25, 0.3) is 0 Å². The molecule has 0 saturated carbocycles. The molecular formula is C15H18ClNO7. The fourth-order valence-corrected chi connectivity index (χ4v) is 2.46. The van der Waals surface area contributed by atoms with Crippen LogP contribution in [0.4, 0.5) is 5.69 Å². The molecule has 0 spiro atoms. The average molecular weight is 360 g/mol. The first kappa shape index (κ1) is 18.4. The van der Waals surface area contributed by atoms with E-state index in [4.69, 9.17) is 25.8 Å². The summed E-state index contributed by atoms with van der Waals surface area (Å²) in [6.45, 7) is 1.02. The van der Waals surface area contributed by atoms with Crippen LogP contribution in [-0.2, 0) is 14.2 Å². The van der Waals surface area contributed by atoms with Crippen molar-refractivity contribution in [2.24, 2.45) is 0 Å². The Morgan fingerprint density at radius 1 is 1.42 bits per heavy atom. The molecule has 1 fully saturated rings. The molecule has 0 N–H and O–H groups in total. The van der Waals surface area contributed by atoms with Crippen molar-refractivity contribution in [3.05, 3.63) is 32.8 Å². The number of nitro benzene ring substituents is 1. The summed E-state index contributed by atoms with van der Waals surface area (Å²) in [4.78, 5) is 22.0. The van der Waals surface area contributed by atoms with E-state index in [1.165, 1.54) is 13.2 Å². The molecule has 0 radical (unpaired) electrons. The Labute approximate surface area is 143 Å². The molecule has 0 bridgehead atoms. The number of benzene rings is 1. The molecule has 1 aromatic rings. The van der Waals surface area contributed by atoms with Gasteiger partial charge in [-0.25, -0.2) is 4.79 Å². The second-order valence-electron chi connectivity index (χ2n) is 5.07. The summed E-state index contributed by atoms with van der Waals surface area (Å²) >= 11 is 5.97. The summed E-state index contributed by atoms with van der Waals surface area (Å²) in [5, 5.41) is 10.9. The van der Waals surface area contributed by atoms with E-state index in [1.54, 1.807) is 0 Å². The molecule has 0 amide bonds. The minimum Gasteiger partial charge on any atom is -0.489 e. The van der Waals surface area contributed by atoms with Crippen LogP contribution in [0.15, 0.2) is 12.1 Å². The zero-order valence-corrected chi connectivity index (χ0v) is 13.9. The molecule has 9 heteroatoms. The number of nitro groups is 1. The number of carbonyl (C=O) groups is 1. The van der Waals surface area contributed by atoms with Crippen molar-refractivity contribution in [2.75, 3.05) is 26.9 Å². The maximum absolute atomic E-state index is 11.6. The molecule has 1 unspecified atom stereocenters. The summed E-state index contributed by atoms with van der Waals surface area (Å²) in [6, 6.07) is 2.35. The van der Waals surface area contributed by atoms with E-state index in [0.29, 0.717) is 6.61 Å². The maximum atomic E-state index is 11.6. The molecule has 1 aromatic carbocycles. The molecular weight excluding hydrogens is 342 g/mol. The molecule has 1 aliphatic heterocycles. The zero-order chi connectivity index (χ0) is 17.5. The van der Waals surface area contributed by atoms with Crippen molar-refractivity contribution in [3.63, 3.8) is 0 Å². The molecule has 132 valence electrons. The molecule has 0 aliphatic carbocycles. The van der Waals surface area contributed by atoms with E-state index >= 15 is 0 Å². The first-order valence-corrected chi connectivity index (χ1v) is 7.83. The van der Waals surface area contributed by atoms with Crippen LogP contribution in [0, 0.1) is 10.1 Å². The van der Waals surface area contributed by atoms with Crippen LogP contribution in [-0.4, -0.2) is 44.1 Å². The van der Waals surface area contributed by atoms with Gasteiger partial charge in [0.1, 0.15) is 12.4 Å². The van der Waals surface area contributed by atoms with Crippen molar-refractivity contribution in [2.45, 2.75) is 25.6 Å². The van der Waals surface area contributed by atoms with Gasteiger partial charge in [0.05, 0.1) is 24.2 Å². The Bertz CT molecular complexity index is 602. The lowest BCUT2D eigenvalue weighted by molar-refractivity contribution is -0.384. The quantitative estimate of drug-likeness (QED) is 0.319. The van der Waals surface area contributed by atoms with Crippen molar-refractivity contribution >= 4 is 23.3 Å². The van der Waals surface area contributed by atoms with Crippen molar-refractivity contribution in [1.82, 2.24) is 0 Å². The van der Waals surface area contributed by atoms with Crippen LogP contribution in [0.1, 0.15) is 29.6 Å².